The first-order valence-electron chi connectivity index (χ1n) is 7.41. The molecule has 1 unspecified atom stereocenters. The summed E-state index contributed by atoms with van der Waals surface area (Å²) in [5.74, 6) is 0. The number of aliphatic hydroxyl groups is 1. The Labute approximate surface area is 126 Å². The molecule has 0 saturated carbocycles. The highest BCUT2D eigenvalue weighted by Gasteiger charge is 2.06. The van der Waals surface area contributed by atoms with Crippen molar-refractivity contribution in [3.05, 3.63) is 65.7 Å². The van der Waals surface area contributed by atoms with Crippen LogP contribution in [0.3, 0.4) is 0 Å². The van der Waals surface area contributed by atoms with Gasteiger partial charge in [-0.05, 0) is 23.6 Å². The van der Waals surface area contributed by atoms with Gasteiger partial charge >= 0.3 is 0 Å². The van der Waals surface area contributed by atoms with Crippen LogP contribution in [0, 0.1) is 0 Å². The van der Waals surface area contributed by atoms with E-state index in [2.05, 4.69) is 18.3 Å². The molecule has 0 aromatic heterocycles. The maximum Gasteiger partial charge on any atom is 0.0945 e. The van der Waals surface area contributed by atoms with Crippen LogP contribution in [0.15, 0.2) is 54.6 Å². The average molecular weight is 285 g/mol. The van der Waals surface area contributed by atoms with Crippen molar-refractivity contribution in [1.82, 2.24) is 0 Å². The SMILES string of the molecule is CCc1ccccc1NCC(O)COCc1ccccc1. The van der Waals surface area contributed by atoms with E-state index >= 15 is 0 Å². The standard InChI is InChI=1S/C18H23NO2/c1-2-16-10-6-7-11-18(16)19-12-17(20)14-21-13-15-8-4-3-5-9-15/h3-11,17,19-20H,2,12-14H2,1H3. The number of rotatable bonds is 8. The van der Waals surface area contributed by atoms with E-state index in [0.717, 1.165) is 17.7 Å². The van der Waals surface area contributed by atoms with Crippen molar-refractivity contribution in [3.63, 3.8) is 0 Å². The zero-order chi connectivity index (χ0) is 14.9. The highest BCUT2D eigenvalue weighted by molar-refractivity contribution is 5.51. The summed E-state index contributed by atoms with van der Waals surface area (Å²) in [4.78, 5) is 0. The third-order valence-corrected chi connectivity index (χ3v) is 3.35. The monoisotopic (exact) mass is 285 g/mol. The first kappa shape index (κ1) is 15.5. The Kier molecular flexibility index (Phi) is 6.25. The van der Waals surface area contributed by atoms with Gasteiger partial charge in [-0.3, -0.25) is 0 Å². The number of para-hydroxylation sites is 1. The third-order valence-electron chi connectivity index (χ3n) is 3.35. The van der Waals surface area contributed by atoms with E-state index in [1.807, 2.05) is 48.5 Å². The first-order chi connectivity index (χ1) is 10.3. The topological polar surface area (TPSA) is 41.5 Å². The van der Waals surface area contributed by atoms with E-state index in [-0.39, 0.29) is 0 Å². The molecule has 0 saturated heterocycles. The summed E-state index contributed by atoms with van der Waals surface area (Å²) < 4.78 is 5.54. The fourth-order valence-electron chi connectivity index (χ4n) is 2.17. The normalized spacial score (nSPS) is 12.1. The fourth-order valence-corrected chi connectivity index (χ4v) is 2.17. The number of anilines is 1. The first-order valence-corrected chi connectivity index (χ1v) is 7.41. The van der Waals surface area contributed by atoms with Crippen molar-refractivity contribution in [2.24, 2.45) is 0 Å². The van der Waals surface area contributed by atoms with Gasteiger partial charge in [0.15, 0.2) is 0 Å². The zero-order valence-corrected chi connectivity index (χ0v) is 12.5. The third kappa shape index (κ3) is 5.21. The number of aliphatic hydroxyl groups excluding tert-OH is 1. The minimum atomic E-state index is -0.515. The van der Waals surface area contributed by atoms with Crippen molar-refractivity contribution in [1.29, 1.82) is 0 Å². The number of hydrogen-bond acceptors (Lipinski definition) is 3. The van der Waals surface area contributed by atoms with E-state index in [4.69, 9.17) is 4.74 Å². The van der Waals surface area contributed by atoms with Gasteiger partial charge in [0.1, 0.15) is 0 Å². The lowest BCUT2D eigenvalue weighted by Crippen LogP contribution is -2.25. The second kappa shape index (κ2) is 8.45. The van der Waals surface area contributed by atoms with Gasteiger partial charge < -0.3 is 15.2 Å². The van der Waals surface area contributed by atoms with Crippen molar-refractivity contribution in [2.75, 3.05) is 18.5 Å². The predicted octanol–water partition coefficient (Wildman–Crippen LogP) is 3.24. The Bertz CT molecular complexity index is 528. The maximum absolute atomic E-state index is 9.96. The van der Waals surface area contributed by atoms with Gasteiger partial charge in [0.2, 0.25) is 0 Å². The van der Waals surface area contributed by atoms with Crippen LogP contribution in [0.25, 0.3) is 0 Å². The van der Waals surface area contributed by atoms with Gasteiger partial charge in [0, 0.05) is 12.2 Å². The van der Waals surface area contributed by atoms with Crippen LogP contribution in [-0.2, 0) is 17.8 Å². The lowest BCUT2D eigenvalue weighted by Gasteiger charge is -2.15. The van der Waals surface area contributed by atoms with Crippen molar-refractivity contribution < 1.29 is 9.84 Å². The molecule has 2 aromatic rings. The molecular weight excluding hydrogens is 262 g/mol. The van der Waals surface area contributed by atoms with Crippen LogP contribution in [0.5, 0.6) is 0 Å². The Morgan fingerprint density at radius 2 is 1.76 bits per heavy atom. The number of ether oxygens (including phenoxy) is 1. The summed E-state index contributed by atoms with van der Waals surface area (Å²) in [7, 11) is 0. The lowest BCUT2D eigenvalue weighted by molar-refractivity contribution is 0.0348. The van der Waals surface area contributed by atoms with E-state index in [9.17, 15) is 5.11 Å². The summed E-state index contributed by atoms with van der Waals surface area (Å²) in [6.07, 6.45) is 0.461. The van der Waals surface area contributed by atoms with Crippen molar-refractivity contribution in [3.8, 4) is 0 Å². The molecule has 0 aliphatic carbocycles. The summed E-state index contributed by atoms with van der Waals surface area (Å²) in [5.41, 5.74) is 3.46. The molecule has 0 aliphatic rings. The second-order valence-electron chi connectivity index (χ2n) is 5.05. The molecule has 2 aromatic carbocycles. The number of aryl methyl sites for hydroxylation is 1. The molecule has 21 heavy (non-hydrogen) atoms. The lowest BCUT2D eigenvalue weighted by atomic mass is 10.1. The maximum atomic E-state index is 9.96. The van der Waals surface area contributed by atoms with Crippen molar-refractivity contribution in [2.45, 2.75) is 26.1 Å². The summed E-state index contributed by atoms with van der Waals surface area (Å²) in [6.45, 7) is 3.48. The molecule has 2 N–H and O–H groups in total. The molecule has 0 radical (unpaired) electrons. The van der Waals surface area contributed by atoms with Gasteiger partial charge in [-0.25, -0.2) is 0 Å². The van der Waals surface area contributed by atoms with E-state index in [0.29, 0.717) is 19.8 Å². The van der Waals surface area contributed by atoms with Crippen molar-refractivity contribution >= 4 is 5.69 Å². The van der Waals surface area contributed by atoms with Gasteiger partial charge in [0.25, 0.3) is 0 Å². The molecule has 1 atom stereocenters. The molecule has 2 rings (SSSR count). The average Bonchev–Trinajstić information content (AvgIpc) is 2.54. The highest BCUT2D eigenvalue weighted by atomic mass is 16.5. The Morgan fingerprint density at radius 3 is 2.52 bits per heavy atom. The van der Waals surface area contributed by atoms with Gasteiger partial charge in [0.05, 0.1) is 19.3 Å². The molecule has 3 nitrogen and oxygen atoms in total. The number of benzene rings is 2. The number of nitrogens with one attached hydrogen (secondary N) is 1. The molecule has 0 amide bonds. The van der Waals surface area contributed by atoms with Crippen LogP contribution in [0.4, 0.5) is 5.69 Å². The molecule has 3 heteroatoms. The minimum absolute atomic E-state index is 0.330. The Morgan fingerprint density at radius 1 is 1.05 bits per heavy atom. The van der Waals surface area contributed by atoms with Crippen LogP contribution in [0.1, 0.15) is 18.1 Å². The Hall–Kier alpha value is -1.84. The smallest absolute Gasteiger partial charge is 0.0945 e. The molecule has 112 valence electrons. The van der Waals surface area contributed by atoms with Crippen LogP contribution in [0.2, 0.25) is 0 Å². The highest BCUT2D eigenvalue weighted by Crippen LogP contribution is 2.15. The predicted molar refractivity (Wildman–Crippen MR) is 86.4 cm³/mol. The quantitative estimate of drug-likeness (QED) is 0.782. The minimum Gasteiger partial charge on any atom is -0.389 e. The number of hydrogen-bond donors (Lipinski definition) is 2. The molecular formula is C18H23NO2. The second-order valence-corrected chi connectivity index (χ2v) is 5.05. The molecule has 0 spiro atoms. The molecule has 0 aliphatic heterocycles. The zero-order valence-electron chi connectivity index (χ0n) is 12.5. The van der Waals surface area contributed by atoms with E-state index in [1.54, 1.807) is 0 Å². The van der Waals surface area contributed by atoms with Gasteiger partial charge in [-0.15, -0.1) is 0 Å². The van der Waals surface area contributed by atoms with E-state index in [1.165, 1.54) is 5.56 Å². The molecule has 0 bridgehead atoms. The fraction of sp³-hybridized carbons (Fsp3) is 0.333. The van der Waals surface area contributed by atoms with Crippen LogP contribution < -0.4 is 5.32 Å². The summed E-state index contributed by atoms with van der Waals surface area (Å²) in [6, 6.07) is 18.1. The summed E-state index contributed by atoms with van der Waals surface area (Å²) >= 11 is 0. The Balaban J connectivity index is 1.71. The largest absolute Gasteiger partial charge is 0.389 e. The molecule has 0 fully saturated rings. The van der Waals surface area contributed by atoms with E-state index < -0.39 is 6.10 Å². The molecule has 0 heterocycles. The van der Waals surface area contributed by atoms with Crippen LogP contribution in [-0.4, -0.2) is 24.4 Å². The summed E-state index contributed by atoms with van der Waals surface area (Å²) in [5, 5.41) is 13.2. The van der Waals surface area contributed by atoms with Gasteiger partial charge in [-0.2, -0.15) is 0 Å². The van der Waals surface area contributed by atoms with Gasteiger partial charge in [-0.1, -0.05) is 55.5 Å². The van der Waals surface area contributed by atoms with Crippen LogP contribution >= 0.6 is 0 Å².